The number of nitrogens with zero attached hydrogens (tertiary/aromatic N) is 4. The highest BCUT2D eigenvalue weighted by atomic mass is 16.5. The molecule has 0 aliphatic carbocycles. The smallest absolute Gasteiger partial charge is 0.335 e. The van der Waals surface area contributed by atoms with Crippen LogP contribution < -0.4 is 16.0 Å². The van der Waals surface area contributed by atoms with Crippen LogP contribution in [0.3, 0.4) is 0 Å². The van der Waals surface area contributed by atoms with Gasteiger partial charge in [0.05, 0.1) is 42.5 Å². The molecule has 3 aromatic carbocycles. The SMILES string of the molecule is COc1ccc(Cn2c(N)nc3ccccc32)cc1-c1ccc(=O)n(Cc2cccc(C(=O)O)c2)n1. The summed E-state index contributed by atoms with van der Waals surface area (Å²) in [5.74, 6) is -0.00427. The molecule has 0 saturated carbocycles. The number of nitrogen functional groups attached to an aromatic ring is 1. The van der Waals surface area contributed by atoms with Gasteiger partial charge in [0.15, 0.2) is 0 Å². The molecule has 9 heteroatoms. The molecule has 0 fully saturated rings. The first-order valence-corrected chi connectivity index (χ1v) is 11.2. The molecule has 2 heterocycles. The molecule has 0 spiro atoms. The number of fused-ring (bicyclic) bond motifs is 1. The van der Waals surface area contributed by atoms with Crippen molar-refractivity contribution in [2.75, 3.05) is 12.8 Å². The van der Waals surface area contributed by atoms with Crippen LogP contribution in [0.15, 0.2) is 83.7 Å². The van der Waals surface area contributed by atoms with Crippen molar-refractivity contribution in [2.24, 2.45) is 0 Å². The Hall–Kier alpha value is -4.92. The van der Waals surface area contributed by atoms with Crippen LogP contribution in [0.1, 0.15) is 21.5 Å². The number of ether oxygens (including phenoxy) is 1. The molecule has 36 heavy (non-hydrogen) atoms. The lowest BCUT2D eigenvalue weighted by atomic mass is 10.1. The zero-order chi connectivity index (χ0) is 25.2. The van der Waals surface area contributed by atoms with Gasteiger partial charge < -0.3 is 20.1 Å². The Balaban J connectivity index is 1.51. The molecule has 180 valence electrons. The minimum Gasteiger partial charge on any atom is -0.496 e. The van der Waals surface area contributed by atoms with Crippen LogP contribution in [-0.2, 0) is 13.1 Å². The molecule has 2 aromatic heterocycles. The molecule has 0 amide bonds. The molecule has 0 unspecified atom stereocenters. The Kier molecular flexibility index (Phi) is 5.95. The molecular formula is C27H23N5O4. The Morgan fingerprint density at radius 3 is 2.58 bits per heavy atom. The van der Waals surface area contributed by atoms with E-state index in [1.807, 2.05) is 47.0 Å². The summed E-state index contributed by atoms with van der Waals surface area (Å²) >= 11 is 0. The van der Waals surface area contributed by atoms with Gasteiger partial charge in [0.2, 0.25) is 5.95 Å². The zero-order valence-electron chi connectivity index (χ0n) is 19.5. The van der Waals surface area contributed by atoms with Crippen LogP contribution in [0.4, 0.5) is 5.95 Å². The zero-order valence-corrected chi connectivity index (χ0v) is 19.5. The fraction of sp³-hybridized carbons (Fsp3) is 0.111. The van der Waals surface area contributed by atoms with Crippen molar-refractivity contribution in [3.8, 4) is 17.0 Å². The first kappa shape index (κ1) is 22.9. The Labute approximate surface area is 206 Å². The van der Waals surface area contributed by atoms with E-state index in [4.69, 9.17) is 10.5 Å². The van der Waals surface area contributed by atoms with Crippen molar-refractivity contribution in [3.63, 3.8) is 0 Å². The maximum absolute atomic E-state index is 12.5. The highest BCUT2D eigenvalue weighted by molar-refractivity contribution is 5.87. The van der Waals surface area contributed by atoms with Crippen LogP contribution in [0.2, 0.25) is 0 Å². The van der Waals surface area contributed by atoms with Gasteiger partial charge in [0.1, 0.15) is 5.75 Å². The van der Waals surface area contributed by atoms with E-state index in [2.05, 4.69) is 10.1 Å². The molecule has 0 bridgehead atoms. The van der Waals surface area contributed by atoms with Crippen LogP contribution in [-0.4, -0.2) is 37.5 Å². The number of aromatic nitrogens is 4. The van der Waals surface area contributed by atoms with E-state index in [0.29, 0.717) is 35.1 Å². The number of benzene rings is 3. The summed E-state index contributed by atoms with van der Waals surface area (Å²) in [6.45, 7) is 0.623. The number of rotatable bonds is 7. The number of carboxylic acid groups (broad SMARTS) is 1. The summed E-state index contributed by atoms with van der Waals surface area (Å²) in [5.41, 5.74) is 10.7. The lowest BCUT2D eigenvalue weighted by Crippen LogP contribution is -2.23. The Morgan fingerprint density at radius 1 is 0.972 bits per heavy atom. The summed E-state index contributed by atoms with van der Waals surface area (Å²) in [5, 5.41) is 13.8. The molecular weight excluding hydrogens is 458 g/mol. The summed E-state index contributed by atoms with van der Waals surface area (Å²) in [7, 11) is 1.58. The van der Waals surface area contributed by atoms with E-state index in [1.54, 1.807) is 25.3 Å². The number of carbonyl (C=O) groups is 1. The third-order valence-electron chi connectivity index (χ3n) is 5.94. The number of carboxylic acids is 1. The molecule has 3 N–H and O–H groups in total. The molecule has 5 rings (SSSR count). The fourth-order valence-corrected chi connectivity index (χ4v) is 4.18. The van der Waals surface area contributed by atoms with Crippen LogP contribution >= 0.6 is 0 Å². The summed E-state index contributed by atoms with van der Waals surface area (Å²) in [6.07, 6.45) is 0. The molecule has 9 nitrogen and oxygen atoms in total. The third kappa shape index (κ3) is 4.41. The predicted octanol–water partition coefficient (Wildman–Crippen LogP) is 3.65. The quantitative estimate of drug-likeness (QED) is 0.363. The van der Waals surface area contributed by atoms with Crippen molar-refractivity contribution in [1.29, 1.82) is 0 Å². The highest BCUT2D eigenvalue weighted by Gasteiger charge is 2.14. The van der Waals surface area contributed by atoms with E-state index in [1.165, 1.54) is 22.9 Å². The number of para-hydroxylation sites is 2. The fourth-order valence-electron chi connectivity index (χ4n) is 4.18. The van der Waals surface area contributed by atoms with Gasteiger partial charge in [-0.05, 0) is 53.6 Å². The molecule has 5 aromatic rings. The third-order valence-corrected chi connectivity index (χ3v) is 5.94. The van der Waals surface area contributed by atoms with Gasteiger partial charge in [-0.2, -0.15) is 5.10 Å². The van der Waals surface area contributed by atoms with E-state index in [9.17, 15) is 14.7 Å². The van der Waals surface area contributed by atoms with Gasteiger partial charge in [-0.3, -0.25) is 4.79 Å². The molecule has 0 radical (unpaired) electrons. The summed E-state index contributed by atoms with van der Waals surface area (Å²) < 4.78 is 8.82. The molecule has 0 atom stereocenters. The molecule has 0 aliphatic rings. The minimum absolute atomic E-state index is 0.132. The van der Waals surface area contributed by atoms with Gasteiger partial charge in [-0.15, -0.1) is 0 Å². The number of hydrogen-bond acceptors (Lipinski definition) is 6. The van der Waals surface area contributed by atoms with Crippen molar-refractivity contribution in [1.82, 2.24) is 19.3 Å². The maximum atomic E-state index is 12.5. The Bertz CT molecular complexity index is 1650. The van der Waals surface area contributed by atoms with Gasteiger partial charge >= 0.3 is 5.97 Å². The second kappa shape index (κ2) is 9.38. The van der Waals surface area contributed by atoms with E-state index in [0.717, 1.165) is 16.6 Å². The van der Waals surface area contributed by atoms with E-state index < -0.39 is 5.97 Å². The monoisotopic (exact) mass is 481 g/mol. The maximum Gasteiger partial charge on any atom is 0.335 e. The Morgan fingerprint density at radius 2 is 1.78 bits per heavy atom. The highest BCUT2D eigenvalue weighted by Crippen LogP contribution is 2.30. The number of hydrogen-bond donors (Lipinski definition) is 2. The van der Waals surface area contributed by atoms with E-state index >= 15 is 0 Å². The summed E-state index contributed by atoms with van der Waals surface area (Å²) in [4.78, 5) is 28.3. The van der Waals surface area contributed by atoms with Crippen molar-refractivity contribution in [3.05, 3.63) is 106 Å². The standard InChI is InChI=1S/C27H23N5O4/c1-36-24-11-9-18(15-31-23-8-3-2-7-22(23)29-27(31)28)14-20(24)21-10-12-25(33)32(30-21)16-17-5-4-6-19(13-17)26(34)35/h2-14H,15-16H2,1H3,(H2,28,29)(H,34,35). The first-order valence-electron chi connectivity index (χ1n) is 11.2. The number of nitrogens with two attached hydrogens (primary N) is 1. The van der Waals surface area contributed by atoms with Gasteiger partial charge in [0.25, 0.3) is 5.56 Å². The first-order chi connectivity index (χ1) is 17.4. The number of imidazole rings is 1. The predicted molar refractivity (Wildman–Crippen MR) is 136 cm³/mol. The van der Waals surface area contributed by atoms with Crippen LogP contribution in [0.25, 0.3) is 22.3 Å². The topological polar surface area (TPSA) is 125 Å². The number of anilines is 1. The van der Waals surface area contributed by atoms with Crippen LogP contribution in [0, 0.1) is 0 Å². The average Bonchev–Trinajstić information content (AvgIpc) is 3.20. The van der Waals surface area contributed by atoms with Gasteiger partial charge in [-0.25, -0.2) is 14.5 Å². The number of methoxy groups -OCH3 is 1. The lowest BCUT2D eigenvalue weighted by Gasteiger charge is -2.13. The van der Waals surface area contributed by atoms with E-state index in [-0.39, 0.29) is 17.7 Å². The lowest BCUT2D eigenvalue weighted by molar-refractivity contribution is 0.0696. The molecule has 0 saturated heterocycles. The second-order valence-electron chi connectivity index (χ2n) is 8.30. The van der Waals surface area contributed by atoms with Gasteiger partial charge in [0, 0.05) is 11.6 Å². The van der Waals surface area contributed by atoms with Crippen molar-refractivity contribution < 1.29 is 14.6 Å². The molecule has 0 aliphatic heterocycles. The summed E-state index contributed by atoms with van der Waals surface area (Å²) in [6, 6.07) is 23.0. The van der Waals surface area contributed by atoms with Crippen molar-refractivity contribution in [2.45, 2.75) is 13.1 Å². The largest absolute Gasteiger partial charge is 0.496 e. The second-order valence-corrected chi connectivity index (χ2v) is 8.30. The normalized spacial score (nSPS) is 11.0. The average molecular weight is 482 g/mol. The minimum atomic E-state index is -1.03. The van der Waals surface area contributed by atoms with Gasteiger partial charge in [-0.1, -0.05) is 30.3 Å². The van der Waals surface area contributed by atoms with Crippen molar-refractivity contribution >= 4 is 23.0 Å². The number of aromatic carboxylic acids is 1. The van der Waals surface area contributed by atoms with Crippen LogP contribution in [0.5, 0.6) is 5.75 Å².